The summed E-state index contributed by atoms with van der Waals surface area (Å²) in [7, 11) is 1.69. The highest BCUT2D eigenvalue weighted by Gasteiger charge is 2.25. The molecule has 5 nitrogen and oxygen atoms in total. The molecular formula is C21H18N2O3S. The monoisotopic (exact) mass is 378 g/mol. The highest BCUT2D eigenvalue weighted by Crippen LogP contribution is 2.33. The molecule has 1 aliphatic heterocycles. The van der Waals surface area contributed by atoms with Gasteiger partial charge in [-0.1, -0.05) is 36.0 Å². The van der Waals surface area contributed by atoms with Gasteiger partial charge in [0.15, 0.2) is 12.4 Å². The second kappa shape index (κ2) is 7.04. The van der Waals surface area contributed by atoms with Crippen LogP contribution in [0.15, 0.2) is 59.6 Å². The standard InChI is InChI=1S/C21H18N2O3S/c1-13(27-19-10-8-14-5-3-4-6-16(14)22-19)21(25)15-7-9-18-17(11-15)23(2)20(24)12-26-18/h3-11,13H,12H2,1-2H3. The van der Waals surface area contributed by atoms with Crippen molar-refractivity contribution < 1.29 is 14.3 Å². The van der Waals surface area contributed by atoms with E-state index in [-0.39, 0.29) is 23.5 Å². The Kier molecular flexibility index (Phi) is 4.58. The number of aromatic nitrogens is 1. The number of amides is 1. The SMILES string of the molecule is CC(Sc1ccc2ccccc2n1)C(=O)c1ccc2c(c1)N(C)C(=O)CO2. The predicted octanol–water partition coefficient (Wildman–Crippen LogP) is 3.95. The fraction of sp³-hybridized carbons (Fsp3) is 0.190. The summed E-state index contributed by atoms with van der Waals surface area (Å²) in [6.07, 6.45) is 0. The van der Waals surface area contributed by atoms with Gasteiger partial charge in [0.25, 0.3) is 5.91 Å². The summed E-state index contributed by atoms with van der Waals surface area (Å²) in [5, 5.41) is 1.58. The molecule has 2 heterocycles. The molecule has 2 aromatic carbocycles. The number of anilines is 1. The van der Waals surface area contributed by atoms with Gasteiger partial charge in [0.1, 0.15) is 5.75 Å². The number of fused-ring (bicyclic) bond motifs is 2. The van der Waals surface area contributed by atoms with E-state index in [1.165, 1.54) is 16.7 Å². The number of thioether (sulfide) groups is 1. The lowest BCUT2D eigenvalue weighted by Gasteiger charge is -2.26. The summed E-state index contributed by atoms with van der Waals surface area (Å²) < 4.78 is 5.42. The van der Waals surface area contributed by atoms with Crippen LogP contribution < -0.4 is 9.64 Å². The van der Waals surface area contributed by atoms with Gasteiger partial charge in [0.2, 0.25) is 0 Å². The number of hydrogen-bond donors (Lipinski definition) is 0. The van der Waals surface area contributed by atoms with Gasteiger partial charge < -0.3 is 9.64 Å². The van der Waals surface area contributed by atoms with Crippen molar-refractivity contribution >= 4 is 40.0 Å². The molecular weight excluding hydrogens is 360 g/mol. The largest absolute Gasteiger partial charge is 0.482 e. The molecule has 0 aliphatic carbocycles. The number of ether oxygens (including phenoxy) is 1. The number of ketones is 1. The van der Waals surface area contributed by atoms with Crippen LogP contribution in [0.5, 0.6) is 5.75 Å². The first-order valence-electron chi connectivity index (χ1n) is 8.63. The van der Waals surface area contributed by atoms with Crippen LogP contribution in [0, 0.1) is 0 Å². The molecule has 0 saturated carbocycles. The quantitative estimate of drug-likeness (QED) is 0.508. The van der Waals surface area contributed by atoms with Crippen molar-refractivity contribution in [2.75, 3.05) is 18.6 Å². The van der Waals surface area contributed by atoms with Crippen LogP contribution in [0.2, 0.25) is 0 Å². The molecule has 0 N–H and O–H groups in total. The third-order valence-corrected chi connectivity index (χ3v) is 5.61. The number of nitrogens with zero attached hydrogens (tertiary/aromatic N) is 2. The fourth-order valence-corrected chi connectivity index (χ4v) is 3.91. The molecule has 0 fully saturated rings. The van der Waals surface area contributed by atoms with Crippen LogP contribution in [0.25, 0.3) is 10.9 Å². The zero-order valence-corrected chi connectivity index (χ0v) is 15.8. The van der Waals surface area contributed by atoms with Crippen LogP contribution in [0.1, 0.15) is 17.3 Å². The van der Waals surface area contributed by atoms with Crippen molar-refractivity contribution in [2.45, 2.75) is 17.2 Å². The number of pyridine rings is 1. The number of carbonyl (C=O) groups excluding carboxylic acids is 2. The van der Waals surface area contributed by atoms with Gasteiger partial charge in [-0.25, -0.2) is 4.98 Å². The molecule has 1 unspecified atom stereocenters. The Hall–Kier alpha value is -2.86. The van der Waals surface area contributed by atoms with Crippen LogP contribution in [-0.4, -0.2) is 35.6 Å². The molecule has 0 saturated heterocycles. The molecule has 1 aromatic heterocycles. The first-order valence-corrected chi connectivity index (χ1v) is 9.51. The molecule has 136 valence electrons. The van der Waals surface area contributed by atoms with Gasteiger partial charge in [0.05, 0.1) is 21.5 Å². The number of likely N-dealkylation sites (N-methyl/N-ethyl adjacent to an activating group) is 1. The van der Waals surface area contributed by atoms with E-state index >= 15 is 0 Å². The second-order valence-electron chi connectivity index (χ2n) is 6.39. The lowest BCUT2D eigenvalue weighted by Crippen LogP contribution is -2.35. The number of hydrogen-bond acceptors (Lipinski definition) is 5. The van der Waals surface area contributed by atoms with Crippen molar-refractivity contribution in [3.05, 3.63) is 60.2 Å². The smallest absolute Gasteiger partial charge is 0.264 e. The first-order chi connectivity index (χ1) is 13.0. The Morgan fingerprint density at radius 2 is 2.00 bits per heavy atom. The van der Waals surface area contributed by atoms with E-state index in [1.807, 2.05) is 43.3 Å². The van der Waals surface area contributed by atoms with Crippen molar-refractivity contribution in [3.8, 4) is 5.75 Å². The van der Waals surface area contributed by atoms with Crippen molar-refractivity contribution in [3.63, 3.8) is 0 Å². The molecule has 0 bridgehead atoms. The van der Waals surface area contributed by atoms with Crippen LogP contribution in [-0.2, 0) is 4.79 Å². The predicted molar refractivity (Wildman–Crippen MR) is 107 cm³/mol. The topological polar surface area (TPSA) is 59.5 Å². The van der Waals surface area contributed by atoms with Gasteiger partial charge >= 0.3 is 0 Å². The highest BCUT2D eigenvalue weighted by atomic mass is 32.2. The van der Waals surface area contributed by atoms with Crippen LogP contribution in [0.4, 0.5) is 5.69 Å². The minimum atomic E-state index is -0.303. The Bertz CT molecular complexity index is 1050. The maximum absolute atomic E-state index is 12.9. The molecule has 4 rings (SSSR count). The number of Topliss-reactive ketones (excluding diaryl/α,β-unsaturated/α-hetero) is 1. The third-order valence-electron chi connectivity index (χ3n) is 4.57. The maximum atomic E-state index is 12.9. The van der Waals surface area contributed by atoms with Gasteiger partial charge in [-0.3, -0.25) is 9.59 Å². The van der Waals surface area contributed by atoms with E-state index in [2.05, 4.69) is 4.98 Å². The van der Waals surface area contributed by atoms with Crippen LogP contribution >= 0.6 is 11.8 Å². The number of rotatable bonds is 4. The number of para-hydroxylation sites is 1. The first kappa shape index (κ1) is 17.5. The van der Waals surface area contributed by atoms with Gasteiger partial charge in [-0.15, -0.1) is 0 Å². The Labute approximate surface area is 161 Å². The van der Waals surface area contributed by atoms with E-state index in [4.69, 9.17) is 4.74 Å². The minimum Gasteiger partial charge on any atom is -0.482 e. The summed E-state index contributed by atoms with van der Waals surface area (Å²) in [6.45, 7) is 1.89. The lowest BCUT2D eigenvalue weighted by atomic mass is 10.1. The van der Waals surface area contributed by atoms with E-state index in [0.717, 1.165) is 15.9 Å². The number of benzene rings is 2. The Morgan fingerprint density at radius 3 is 2.85 bits per heavy atom. The lowest BCUT2D eigenvalue weighted by molar-refractivity contribution is -0.120. The number of carbonyl (C=O) groups is 2. The zero-order chi connectivity index (χ0) is 19.0. The molecule has 1 amide bonds. The molecule has 3 aromatic rings. The van der Waals surface area contributed by atoms with E-state index in [0.29, 0.717) is 17.0 Å². The zero-order valence-electron chi connectivity index (χ0n) is 15.0. The normalized spacial score (nSPS) is 14.6. The molecule has 6 heteroatoms. The average Bonchev–Trinajstić information content (AvgIpc) is 2.70. The third kappa shape index (κ3) is 3.40. The van der Waals surface area contributed by atoms with Crippen molar-refractivity contribution in [1.82, 2.24) is 4.98 Å². The van der Waals surface area contributed by atoms with E-state index in [1.54, 1.807) is 25.2 Å². The molecule has 0 spiro atoms. The van der Waals surface area contributed by atoms with Gasteiger partial charge in [-0.05, 0) is 37.3 Å². The van der Waals surface area contributed by atoms with Gasteiger partial charge in [0, 0.05) is 18.0 Å². The average molecular weight is 378 g/mol. The Morgan fingerprint density at radius 1 is 1.19 bits per heavy atom. The highest BCUT2D eigenvalue weighted by molar-refractivity contribution is 8.00. The van der Waals surface area contributed by atoms with Crippen molar-refractivity contribution in [1.29, 1.82) is 0 Å². The second-order valence-corrected chi connectivity index (χ2v) is 7.75. The molecule has 1 aliphatic rings. The minimum absolute atomic E-state index is 0.0100. The fourth-order valence-electron chi connectivity index (χ4n) is 3.01. The summed E-state index contributed by atoms with van der Waals surface area (Å²) in [5.41, 5.74) is 2.09. The van der Waals surface area contributed by atoms with Gasteiger partial charge in [-0.2, -0.15) is 0 Å². The summed E-state index contributed by atoms with van der Waals surface area (Å²) in [4.78, 5) is 30.9. The van der Waals surface area contributed by atoms with E-state index < -0.39 is 0 Å². The molecule has 0 radical (unpaired) electrons. The Balaban J connectivity index is 1.56. The summed E-state index contributed by atoms with van der Waals surface area (Å²) in [5.74, 6) is 0.476. The summed E-state index contributed by atoms with van der Waals surface area (Å²) in [6, 6.07) is 17.1. The summed E-state index contributed by atoms with van der Waals surface area (Å²) >= 11 is 1.43. The van der Waals surface area contributed by atoms with Crippen molar-refractivity contribution in [2.24, 2.45) is 0 Å². The van der Waals surface area contributed by atoms with E-state index in [9.17, 15) is 9.59 Å². The molecule has 27 heavy (non-hydrogen) atoms. The van der Waals surface area contributed by atoms with Crippen LogP contribution in [0.3, 0.4) is 0 Å². The molecule has 1 atom stereocenters. The maximum Gasteiger partial charge on any atom is 0.264 e.